The predicted molar refractivity (Wildman–Crippen MR) is 107 cm³/mol. The number of hydrogen-bond donors (Lipinski definition) is 4. The molecule has 0 saturated heterocycles. The van der Waals surface area contributed by atoms with Gasteiger partial charge in [0.1, 0.15) is 0 Å². The van der Waals surface area contributed by atoms with Gasteiger partial charge < -0.3 is 20.4 Å². The number of carboxylic acid groups (broad SMARTS) is 1. The van der Waals surface area contributed by atoms with Crippen LogP contribution in [0.2, 0.25) is 0 Å². The van der Waals surface area contributed by atoms with Crippen molar-refractivity contribution in [3.05, 3.63) is 12.2 Å². The van der Waals surface area contributed by atoms with Crippen LogP contribution in [0.5, 0.6) is 0 Å². The standard InChI is InChI=1S/C22H40O5/c1-2-3-4-5-8-11-18(23)15-14-17-16-20(24)22(27)19(17)12-9-6-7-10-13-21(25)26/h14-15,17-20,22-24,27H,2-13,16H2,1H3,(H,25,26). The van der Waals surface area contributed by atoms with E-state index in [2.05, 4.69) is 6.92 Å². The zero-order valence-corrected chi connectivity index (χ0v) is 16.9. The summed E-state index contributed by atoms with van der Waals surface area (Å²) in [6, 6.07) is 0. The second kappa shape index (κ2) is 14.1. The first-order valence-electron chi connectivity index (χ1n) is 10.9. The molecule has 0 bridgehead atoms. The fourth-order valence-corrected chi connectivity index (χ4v) is 4.07. The molecular formula is C22H40O5. The van der Waals surface area contributed by atoms with Gasteiger partial charge in [0.05, 0.1) is 18.3 Å². The molecule has 0 heterocycles. The average molecular weight is 385 g/mol. The van der Waals surface area contributed by atoms with Crippen molar-refractivity contribution < 1.29 is 25.2 Å². The Kier molecular flexibility index (Phi) is 12.6. The summed E-state index contributed by atoms with van der Waals surface area (Å²) >= 11 is 0. The molecule has 0 aromatic heterocycles. The molecule has 0 spiro atoms. The van der Waals surface area contributed by atoms with Gasteiger partial charge in [-0.1, -0.05) is 70.4 Å². The molecule has 4 N–H and O–H groups in total. The lowest BCUT2D eigenvalue weighted by Gasteiger charge is -2.20. The Labute approximate surface area is 164 Å². The summed E-state index contributed by atoms with van der Waals surface area (Å²) in [6.07, 6.45) is 13.7. The summed E-state index contributed by atoms with van der Waals surface area (Å²) in [5.41, 5.74) is 0. The molecule has 1 saturated carbocycles. The Bertz CT molecular complexity index is 423. The van der Waals surface area contributed by atoms with E-state index in [1.54, 1.807) is 0 Å². The summed E-state index contributed by atoms with van der Waals surface area (Å²) in [7, 11) is 0. The van der Waals surface area contributed by atoms with Crippen LogP contribution in [-0.4, -0.2) is 44.7 Å². The first kappa shape index (κ1) is 24.1. The molecule has 1 fully saturated rings. The van der Waals surface area contributed by atoms with Gasteiger partial charge in [-0.25, -0.2) is 0 Å². The number of aliphatic hydroxyl groups excluding tert-OH is 3. The van der Waals surface area contributed by atoms with Crippen molar-refractivity contribution in [2.45, 2.75) is 109 Å². The highest BCUT2D eigenvalue weighted by molar-refractivity contribution is 5.66. The van der Waals surface area contributed by atoms with E-state index in [0.29, 0.717) is 12.8 Å². The van der Waals surface area contributed by atoms with Crippen LogP contribution in [0.25, 0.3) is 0 Å². The Morgan fingerprint density at radius 1 is 1.04 bits per heavy atom. The van der Waals surface area contributed by atoms with Gasteiger partial charge in [0.15, 0.2) is 0 Å². The highest BCUT2D eigenvalue weighted by atomic mass is 16.4. The summed E-state index contributed by atoms with van der Waals surface area (Å²) in [4.78, 5) is 10.5. The van der Waals surface area contributed by atoms with E-state index in [9.17, 15) is 20.1 Å². The highest BCUT2D eigenvalue weighted by Gasteiger charge is 2.39. The maximum absolute atomic E-state index is 10.5. The minimum Gasteiger partial charge on any atom is -0.481 e. The number of hydrogen-bond acceptors (Lipinski definition) is 4. The van der Waals surface area contributed by atoms with Gasteiger partial charge in [-0.2, -0.15) is 0 Å². The molecule has 0 aromatic rings. The SMILES string of the molecule is CCCCCCCC(O)C=CC1CC(O)C(O)C1CCCCCCC(=O)O. The zero-order chi connectivity index (χ0) is 20.1. The number of carboxylic acids is 1. The predicted octanol–water partition coefficient (Wildman–Crippen LogP) is 4.05. The summed E-state index contributed by atoms with van der Waals surface area (Å²) in [6.45, 7) is 2.19. The maximum atomic E-state index is 10.5. The minimum absolute atomic E-state index is 0.0208. The fraction of sp³-hybridized carbons (Fsp3) is 0.864. The molecule has 5 nitrogen and oxygen atoms in total. The maximum Gasteiger partial charge on any atom is 0.303 e. The van der Waals surface area contributed by atoms with E-state index in [-0.39, 0.29) is 18.3 Å². The Balaban J connectivity index is 2.32. The number of allylic oxidation sites excluding steroid dienone is 1. The second-order valence-electron chi connectivity index (χ2n) is 8.12. The molecule has 5 unspecified atom stereocenters. The van der Waals surface area contributed by atoms with Gasteiger partial charge in [0.25, 0.3) is 0 Å². The van der Waals surface area contributed by atoms with Crippen molar-refractivity contribution in [2.75, 3.05) is 0 Å². The lowest BCUT2D eigenvalue weighted by atomic mass is 9.88. The van der Waals surface area contributed by atoms with Crippen molar-refractivity contribution >= 4 is 5.97 Å². The molecule has 1 aliphatic rings. The van der Waals surface area contributed by atoms with Crippen LogP contribution in [0.15, 0.2) is 12.2 Å². The minimum atomic E-state index is -0.751. The van der Waals surface area contributed by atoms with Gasteiger partial charge in [-0.15, -0.1) is 0 Å². The van der Waals surface area contributed by atoms with Crippen molar-refractivity contribution in [1.29, 1.82) is 0 Å². The van der Waals surface area contributed by atoms with Crippen molar-refractivity contribution in [3.8, 4) is 0 Å². The molecule has 0 aromatic carbocycles. The summed E-state index contributed by atoms with van der Waals surface area (Å²) in [5, 5.41) is 39.1. The molecule has 0 amide bonds. The van der Waals surface area contributed by atoms with Crippen LogP contribution in [0.1, 0.15) is 90.4 Å². The first-order valence-corrected chi connectivity index (χ1v) is 10.9. The molecule has 1 aliphatic carbocycles. The molecule has 5 heteroatoms. The van der Waals surface area contributed by atoms with Crippen LogP contribution >= 0.6 is 0 Å². The highest BCUT2D eigenvalue weighted by Crippen LogP contribution is 2.37. The van der Waals surface area contributed by atoms with E-state index in [0.717, 1.165) is 44.9 Å². The van der Waals surface area contributed by atoms with Crippen LogP contribution in [0, 0.1) is 11.8 Å². The van der Waals surface area contributed by atoms with E-state index >= 15 is 0 Å². The number of aliphatic carboxylic acids is 1. The number of unbranched alkanes of at least 4 members (excludes halogenated alkanes) is 7. The van der Waals surface area contributed by atoms with E-state index in [4.69, 9.17) is 5.11 Å². The Morgan fingerprint density at radius 2 is 1.70 bits per heavy atom. The molecule has 27 heavy (non-hydrogen) atoms. The van der Waals surface area contributed by atoms with Gasteiger partial charge in [0.2, 0.25) is 0 Å². The second-order valence-corrected chi connectivity index (χ2v) is 8.12. The van der Waals surface area contributed by atoms with E-state index < -0.39 is 24.3 Å². The molecular weight excluding hydrogens is 344 g/mol. The summed E-state index contributed by atoms with van der Waals surface area (Å²) < 4.78 is 0. The van der Waals surface area contributed by atoms with Gasteiger partial charge >= 0.3 is 5.97 Å². The molecule has 1 rings (SSSR count). The smallest absolute Gasteiger partial charge is 0.303 e. The molecule has 158 valence electrons. The average Bonchev–Trinajstić information content (AvgIpc) is 2.90. The Morgan fingerprint density at radius 3 is 2.41 bits per heavy atom. The number of carbonyl (C=O) groups is 1. The Hall–Kier alpha value is -0.910. The lowest BCUT2D eigenvalue weighted by Crippen LogP contribution is -2.25. The van der Waals surface area contributed by atoms with Crippen molar-refractivity contribution in [3.63, 3.8) is 0 Å². The third-order valence-electron chi connectivity index (χ3n) is 5.76. The molecule has 5 atom stereocenters. The topological polar surface area (TPSA) is 98.0 Å². The zero-order valence-electron chi connectivity index (χ0n) is 16.9. The largest absolute Gasteiger partial charge is 0.481 e. The van der Waals surface area contributed by atoms with Crippen LogP contribution < -0.4 is 0 Å². The number of aliphatic hydroxyl groups is 3. The lowest BCUT2D eigenvalue weighted by molar-refractivity contribution is -0.137. The van der Waals surface area contributed by atoms with Crippen molar-refractivity contribution in [2.24, 2.45) is 11.8 Å². The third kappa shape index (κ3) is 10.3. The van der Waals surface area contributed by atoms with Crippen molar-refractivity contribution in [1.82, 2.24) is 0 Å². The normalized spacial score (nSPS) is 26.7. The van der Waals surface area contributed by atoms with Gasteiger partial charge in [0, 0.05) is 6.42 Å². The van der Waals surface area contributed by atoms with Gasteiger partial charge in [-0.05, 0) is 37.5 Å². The number of rotatable bonds is 15. The quantitative estimate of drug-likeness (QED) is 0.252. The first-order chi connectivity index (χ1) is 13.0. The van der Waals surface area contributed by atoms with Crippen LogP contribution in [0.4, 0.5) is 0 Å². The molecule has 0 aliphatic heterocycles. The third-order valence-corrected chi connectivity index (χ3v) is 5.76. The monoisotopic (exact) mass is 384 g/mol. The van der Waals surface area contributed by atoms with E-state index in [1.807, 2.05) is 12.2 Å². The summed E-state index contributed by atoms with van der Waals surface area (Å²) in [5.74, 6) is -0.630. The molecule has 0 radical (unpaired) electrons. The fourth-order valence-electron chi connectivity index (χ4n) is 4.07. The van der Waals surface area contributed by atoms with Gasteiger partial charge in [-0.3, -0.25) is 4.79 Å². The van der Waals surface area contributed by atoms with E-state index in [1.165, 1.54) is 19.3 Å². The van der Waals surface area contributed by atoms with Crippen LogP contribution in [0.3, 0.4) is 0 Å². The van der Waals surface area contributed by atoms with Crippen LogP contribution in [-0.2, 0) is 4.79 Å².